The Morgan fingerprint density at radius 1 is 0.529 bits per heavy atom. The molecule has 0 spiro atoms. The molecule has 0 nitrogen and oxygen atoms in total. The van der Waals surface area contributed by atoms with E-state index in [9.17, 15) is 0 Å². The van der Waals surface area contributed by atoms with Crippen LogP contribution in [0.15, 0.2) is 24.3 Å². The number of unbranched alkanes of at least 4 members (excludes halogenated alkanes) is 8. The molecule has 17 heavy (non-hydrogen) atoms. The second-order valence-corrected chi connectivity index (χ2v) is 4.84. The maximum Gasteiger partial charge on any atom is -0.0351 e. The van der Waals surface area contributed by atoms with Crippen LogP contribution in [0.4, 0.5) is 0 Å². The van der Waals surface area contributed by atoms with Gasteiger partial charge >= 0.3 is 0 Å². The number of allylic oxidation sites excluding steroid dienone is 4. The van der Waals surface area contributed by atoms with Gasteiger partial charge < -0.3 is 0 Å². The summed E-state index contributed by atoms with van der Waals surface area (Å²) < 4.78 is 0. The minimum atomic E-state index is 1.18. The van der Waals surface area contributed by atoms with Crippen molar-refractivity contribution in [2.45, 2.75) is 84.5 Å². The Bertz CT molecular complexity index is 176. The van der Waals surface area contributed by atoms with E-state index in [1.807, 2.05) is 0 Å². The molecule has 0 heteroatoms. The lowest BCUT2D eigenvalue weighted by molar-refractivity contribution is 0.650. The van der Waals surface area contributed by atoms with Crippen molar-refractivity contribution in [2.75, 3.05) is 0 Å². The van der Waals surface area contributed by atoms with Gasteiger partial charge in [-0.05, 0) is 44.9 Å². The molecule has 0 aromatic carbocycles. The molecule has 0 aliphatic rings. The Hall–Kier alpha value is -0.520. The molecule has 100 valence electrons. The van der Waals surface area contributed by atoms with Gasteiger partial charge in [-0.25, -0.2) is 0 Å². The third kappa shape index (κ3) is 15.5. The zero-order valence-electron chi connectivity index (χ0n) is 12.1. The highest BCUT2D eigenvalue weighted by Gasteiger charge is 1.87. The van der Waals surface area contributed by atoms with Gasteiger partial charge in [0.1, 0.15) is 0 Å². The van der Waals surface area contributed by atoms with Crippen molar-refractivity contribution in [3.8, 4) is 0 Å². The molecule has 0 unspecified atom stereocenters. The van der Waals surface area contributed by atoms with Gasteiger partial charge in [0, 0.05) is 0 Å². The van der Waals surface area contributed by atoms with Crippen molar-refractivity contribution in [1.29, 1.82) is 0 Å². The summed E-state index contributed by atoms with van der Waals surface area (Å²) in [6.45, 7) is 4.46. The SMILES string of the molecule is CC/C=C\CCCCCCC=CCCCCC. The van der Waals surface area contributed by atoms with E-state index in [0.29, 0.717) is 0 Å². The first-order valence-electron chi connectivity index (χ1n) is 7.71. The van der Waals surface area contributed by atoms with Gasteiger partial charge in [-0.1, -0.05) is 63.8 Å². The molecule has 0 amide bonds. The molecule has 0 rings (SSSR count). The summed E-state index contributed by atoms with van der Waals surface area (Å²) >= 11 is 0. The molecule has 0 saturated heterocycles. The predicted molar refractivity (Wildman–Crippen MR) is 80.4 cm³/mol. The zero-order chi connectivity index (χ0) is 12.6. The molecule has 0 aromatic rings. The van der Waals surface area contributed by atoms with Gasteiger partial charge in [0.05, 0.1) is 0 Å². The third-order valence-corrected chi connectivity index (χ3v) is 3.03. The summed E-state index contributed by atoms with van der Waals surface area (Å²) in [7, 11) is 0. The van der Waals surface area contributed by atoms with Crippen molar-refractivity contribution >= 4 is 0 Å². The van der Waals surface area contributed by atoms with Crippen LogP contribution in [0.1, 0.15) is 84.5 Å². The molecule has 0 radical (unpaired) electrons. The van der Waals surface area contributed by atoms with E-state index in [1.165, 1.54) is 70.6 Å². The number of hydrogen-bond donors (Lipinski definition) is 0. The molecule has 0 aromatic heterocycles. The normalized spacial score (nSPS) is 11.9. The van der Waals surface area contributed by atoms with Crippen molar-refractivity contribution < 1.29 is 0 Å². The first-order valence-corrected chi connectivity index (χ1v) is 7.71. The molecule has 0 heterocycles. The topological polar surface area (TPSA) is 0 Å². The van der Waals surface area contributed by atoms with Crippen LogP contribution < -0.4 is 0 Å². The highest BCUT2D eigenvalue weighted by Crippen LogP contribution is 2.07. The van der Waals surface area contributed by atoms with Crippen molar-refractivity contribution in [2.24, 2.45) is 0 Å². The molecular weight excluding hydrogens is 204 g/mol. The highest BCUT2D eigenvalue weighted by molar-refractivity contribution is 4.81. The van der Waals surface area contributed by atoms with E-state index < -0.39 is 0 Å². The van der Waals surface area contributed by atoms with Gasteiger partial charge in [0.25, 0.3) is 0 Å². The lowest BCUT2D eigenvalue weighted by atomic mass is 10.1. The summed E-state index contributed by atoms with van der Waals surface area (Å²) in [5.41, 5.74) is 0. The van der Waals surface area contributed by atoms with Gasteiger partial charge in [0.15, 0.2) is 0 Å². The lowest BCUT2D eigenvalue weighted by Crippen LogP contribution is -1.77. The van der Waals surface area contributed by atoms with E-state index in [4.69, 9.17) is 0 Å². The van der Waals surface area contributed by atoms with Crippen LogP contribution in [0, 0.1) is 0 Å². The zero-order valence-corrected chi connectivity index (χ0v) is 12.1. The Kier molecular flexibility index (Phi) is 15.0. The van der Waals surface area contributed by atoms with Crippen LogP contribution in [-0.4, -0.2) is 0 Å². The van der Waals surface area contributed by atoms with Crippen LogP contribution in [0.3, 0.4) is 0 Å². The largest absolute Gasteiger partial charge is 0.0888 e. The molecular formula is C17H32. The van der Waals surface area contributed by atoms with Gasteiger partial charge in [-0.15, -0.1) is 0 Å². The average Bonchev–Trinajstić information content (AvgIpc) is 2.35. The minimum Gasteiger partial charge on any atom is -0.0888 e. The fourth-order valence-electron chi connectivity index (χ4n) is 1.91. The Labute approximate surface area is 109 Å². The summed E-state index contributed by atoms with van der Waals surface area (Å²) in [4.78, 5) is 0. The van der Waals surface area contributed by atoms with Gasteiger partial charge in [-0.2, -0.15) is 0 Å². The first kappa shape index (κ1) is 16.5. The summed E-state index contributed by atoms with van der Waals surface area (Å²) in [5.74, 6) is 0. The second-order valence-electron chi connectivity index (χ2n) is 4.84. The number of rotatable bonds is 12. The van der Waals surface area contributed by atoms with Crippen LogP contribution in [0.5, 0.6) is 0 Å². The second kappa shape index (κ2) is 15.5. The molecule has 0 bridgehead atoms. The van der Waals surface area contributed by atoms with E-state index in [-0.39, 0.29) is 0 Å². The molecule has 0 saturated carbocycles. The smallest absolute Gasteiger partial charge is 0.0351 e. The van der Waals surface area contributed by atoms with Gasteiger partial charge in [-0.3, -0.25) is 0 Å². The summed E-state index contributed by atoms with van der Waals surface area (Å²) in [6, 6.07) is 0. The van der Waals surface area contributed by atoms with Crippen molar-refractivity contribution in [3.05, 3.63) is 24.3 Å². The molecule has 0 N–H and O–H groups in total. The Balaban J connectivity index is 3.05. The molecule has 0 aliphatic carbocycles. The summed E-state index contributed by atoms with van der Waals surface area (Å²) in [5, 5.41) is 0. The van der Waals surface area contributed by atoms with E-state index in [1.54, 1.807) is 0 Å². The van der Waals surface area contributed by atoms with Crippen molar-refractivity contribution in [3.63, 3.8) is 0 Å². The quantitative estimate of drug-likeness (QED) is 0.270. The highest BCUT2D eigenvalue weighted by atomic mass is 13.9. The minimum absolute atomic E-state index is 1.18. The van der Waals surface area contributed by atoms with Gasteiger partial charge in [0.2, 0.25) is 0 Å². The van der Waals surface area contributed by atoms with E-state index in [2.05, 4.69) is 38.2 Å². The van der Waals surface area contributed by atoms with Crippen molar-refractivity contribution in [1.82, 2.24) is 0 Å². The first-order chi connectivity index (χ1) is 8.41. The third-order valence-electron chi connectivity index (χ3n) is 3.03. The van der Waals surface area contributed by atoms with Crippen LogP contribution in [-0.2, 0) is 0 Å². The Morgan fingerprint density at radius 2 is 1.00 bits per heavy atom. The van der Waals surface area contributed by atoms with Crippen LogP contribution >= 0.6 is 0 Å². The molecule has 0 atom stereocenters. The standard InChI is InChI=1S/C17H32/c1-3-5-7-9-11-13-15-17-16-14-12-10-8-6-4-2/h5,7,12,14H,3-4,6,8-11,13,15-17H2,1-2H3/b7-5-,14-12?. The Morgan fingerprint density at radius 3 is 1.47 bits per heavy atom. The molecule has 0 aliphatic heterocycles. The summed E-state index contributed by atoms with van der Waals surface area (Å²) in [6.07, 6.45) is 24.0. The fourth-order valence-corrected chi connectivity index (χ4v) is 1.91. The average molecular weight is 236 g/mol. The fraction of sp³-hybridized carbons (Fsp3) is 0.765. The predicted octanol–water partition coefficient (Wildman–Crippen LogP) is 6.43. The lowest BCUT2D eigenvalue weighted by Gasteiger charge is -1.97. The maximum absolute atomic E-state index is 2.38. The van der Waals surface area contributed by atoms with E-state index in [0.717, 1.165) is 0 Å². The maximum atomic E-state index is 2.38. The monoisotopic (exact) mass is 236 g/mol. The van der Waals surface area contributed by atoms with Crippen LogP contribution in [0.25, 0.3) is 0 Å². The molecule has 0 fully saturated rings. The van der Waals surface area contributed by atoms with Crippen LogP contribution in [0.2, 0.25) is 0 Å². The number of hydrogen-bond acceptors (Lipinski definition) is 0. The van der Waals surface area contributed by atoms with E-state index >= 15 is 0 Å².